The Labute approximate surface area is 201 Å². The van der Waals surface area contributed by atoms with E-state index in [9.17, 15) is 18.0 Å². The molecule has 2 N–H and O–H groups in total. The minimum absolute atomic E-state index is 0.0625. The van der Waals surface area contributed by atoms with Crippen molar-refractivity contribution >= 4 is 26.7 Å². The Morgan fingerprint density at radius 2 is 1.63 bits per heavy atom. The number of amides is 1. The van der Waals surface area contributed by atoms with Crippen LogP contribution in [0.1, 0.15) is 16.1 Å². The van der Waals surface area contributed by atoms with Gasteiger partial charge in [-0.05, 0) is 23.8 Å². The number of sulfonamides is 1. The Kier molecular flexibility index (Phi) is 6.80. The average Bonchev–Trinajstić information content (AvgIpc) is 2.89. The van der Waals surface area contributed by atoms with E-state index >= 15 is 0 Å². The van der Waals surface area contributed by atoms with Crippen molar-refractivity contribution in [3.8, 4) is 11.5 Å². The van der Waals surface area contributed by atoms with Crippen LogP contribution >= 0.6 is 0 Å². The van der Waals surface area contributed by atoms with E-state index in [0.717, 1.165) is 5.56 Å². The SMILES string of the molecule is COc1ccc(OC)c(S(=O)(=O)NNC(=O)c2nn(Cc3ccccc3)c(=O)c3ccccc23)c1. The molecule has 0 saturated heterocycles. The van der Waals surface area contributed by atoms with Gasteiger partial charge in [0.2, 0.25) is 0 Å². The third-order valence-corrected chi connectivity index (χ3v) is 6.49. The van der Waals surface area contributed by atoms with E-state index in [1.807, 2.05) is 30.3 Å². The molecule has 4 aromatic rings. The zero-order valence-corrected chi connectivity index (χ0v) is 19.7. The molecule has 11 heteroatoms. The molecule has 0 aliphatic rings. The monoisotopic (exact) mass is 494 g/mol. The Hall–Kier alpha value is -4.22. The lowest BCUT2D eigenvalue weighted by atomic mass is 10.1. The van der Waals surface area contributed by atoms with Crippen LogP contribution in [0.15, 0.2) is 82.5 Å². The summed E-state index contributed by atoms with van der Waals surface area (Å²) in [7, 11) is -1.52. The maximum Gasteiger partial charge on any atom is 0.287 e. The van der Waals surface area contributed by atoms with Gasteiger partial charge in [-0.3, -0.25) is 15.0 Å². The topological polar surface area (TPSA) is 129 Å². The van der Waals surface area contributed by atoms with Crippen molar-refractivity contribution in [1.29, 1.82) is 0 Å². The van der Waals surface area contributed by atoms with Gasteiger partial charge in [-0.2, -0.15) is 5.10 Å². The fraction of sp³-hybridized carbons (Fsp3) is 0.125. The minimum Gasteiger partial charge on any atom is -0.497 e. The molecule has 0 aliphatic carbocycles. The highest BCUT2D eigenvalue weighted by atomic mass is 32.2. The molecular weight excluding hydrogens is 472 g/mol. The molecule has 1 amide bonds. The molecule has 0 radical (unpaired) electrons. The van der Waals surface area contributed by atoms with Gasteiger partial charge in [0.15, 0.2) is 5.69 Å². The first kappa shape index (κ1) is 23.9. The lowest BCUT2D eigenvalue weighted by Gasteiger charge is -2.14. The highest BCUT2D eigenvalue weighted by molar-refractivity contribution is 7.89. The van der Waals surface area contributed by atoms with Gasteiger partial charge in [0.25, 0.3) is 21.5 Å². The molecule has 10 nitrogen and oxygen atoms in total. The van der Waals surface area contributed by atoms with Crippen molar-refractivity contribution in [2.75, 3.05) is 14.2 Å². The quantitative estimate of drug-likeness (QED) is 0.359. The molecule has 0 aliphatic heterocycles. The number of benzene rings is 3. The molecule has 0 unspecified atom stereocenters. The predicted molar refractivity (Wildman–Crippen MR) is 129 cm³/mol. The van der Waals surface area contributed by atoms with E-state index in [2.05, 4.69) is 15.4 Å². The van der Waals surface area contributed by atoms with Crippen LogP contribution in [0.5, 0.6) is 11.5 Å². The second-order valence-corrected chi connectivity index (χ2v) is 9.07. The van der Waals surface area contributed by atoms with Gasteiger partial charge in [-0.25, -0.2) is 13.1 Å². The second kappa shape index (κ2) is 9.95. The summed E-state index contributed by atoms with van der Waals surface area (Å²) in [6, 6.07) is 19.9. The van der Waals surface area contributed by atoms with Crippen LogP contribution in [0.2, 0.25) is 0 Å². The number of carbonyl (C=O) groups is 1. The molecule has 35 heavy (non-hydrogen) atoms. The summed E-state index contributed by atoms with van der Waals surface area (Å²) in [5.74, 6) is -0.487. The van der Waals surface area contributed by atoms with Crippen LogP contribution in [-0.4, -0.2) is 38.3 Å². The molecule has 0 atom stereocenters. The molecule has 0 saturated carbocycles. The van der Waals surface area contributed by atoms with Gasteiger partial charge in [0.1, 0.15) is 16.4 Å². The Morgan fingerprint density at radius 3 is 2.31 bits per heavy atom. The summed E-state index contributed by atoms with van der Waals surface area (Å²) in [6.45, 7) is 0.136. The maximum atomic E-state index is 13.1. The first-order valence-electron chi connectivity index (χ1n) is 10.4. The van der Waals surface area contributed by atoms with Crippen LogP contribution in [0, 0.1) is 0 Å². The average molecular weight is 495 g/mol. The van der Waals surface area contributed by atoms with E-state index in [0.29, 0.717) is 0 Å². The number of aromatic nitrogens is 2. The van der Waals surface area contributed by atoms with Gasteiger partial charge in [0, 0.05) is 11.5 Å². The molecule has 1 heterocycles. The molecule has 4 rings (SSSR count). The number of nitrogens with one attached hydrogen (secondary N) is 2. The van der Waals surface area contributed by atoms with Gasteiger partial charge >= 0.3 is 0 Å². The van der Waals surface area contributed by atoms with E-state index in [-0.39, 0.29) is 45.0 Å². The lowest BCUT2D eigenvalue weighted by Crippen LogP contribution is -2.42. The summed E-state index contributed by atoms with van der Waals surface area (Å²) in [5, 5.41) is 4.81. The molecule has 0 spiro atoms. The van der Waals surface area contributed by atoms with Crippen molar-refractivity contribution in [2.45, 2.75) is 11.4 Å². The van der Waals surface area contributed by atoms with Gasteiger partial charge in [-0.15, -0.1) is 4.83 Å². The Bertz CT molecular complexity index is 1550. The molecule has 1 aromatic heterocycles. The fourth-order valence-corrected chi connectivity index (χ4v) is 4.51. The number of ether oxygens (including phenoxy) is 2. The molecule has 0 bridgehead atoms. The fourth-order valence-electron chi connectivity index (χ4n) is 3.49. The molecule has 180 valence electrons. The summed E-state index contributed by atoms with van der Waals surface area (Å²) in [5.41, 5.74) is 2.51. The third-order valence-electron chi connectivity index (χ3n) is 5.22. The number of hydrogen-bond donors (Lipinski definition) is 2. The van der Waals surface area contributed by atoms with Crippen molar-refractivity contribution in [1.82, 2.24) is 20.0 Å². The van der Waals surface area contributed by atoms with Crippen LogP contribution < -0.4 is 25.3 Å². The number of hydrazine groups is 1. The first-order valence-corrected chi connectivity index (χ1v) is 11.9. The first-order chi connectivity index (χ1) is 16.8. The Balaban J connectivity index is 1.67. The zero-order chi connectivity index (χ0) is 25.0. The number of hydrogen-bond acceptors (Lipinski definition) is 7. The zero-order valence-electron chi connectivity index (χ0n) is 18.9. The molecule has 3 aromatic carbocycles. The number of fused-ring (bicyclic) bond motifs is 1. The summed E-state index contributed by atoms with van der Waals surface area (Å²) in [6.07, 6.45) is 0. The maximum absolute atomic E-state index is 13.1. The third kappa shape index (κ3) is 5.00. The second-order valence-electron chi connectivity index (χ2n) is 7.42. The number of rotatable bonds is 8. The lowest BCUT2D eigenvalue weighted by molar-refractivity contribution is 0.0939. The Morgan fingerprint density at radius 1 is 0.943 bits per heavy atom. The normalized spacial score (nSPS) is 11.3. The molecule has 0 fully saturated rings. The van der Waals surface area contributed by atoms with Crippen LogP contribution in [-0.2, 0) is 16.6 Å². The van der Waals surface area contributed by atoms with Crippen molar-refractivity contribution in [2.24, 2.45) is 0 Å². The van der Waals surface area contributed by atoms with Gasteiger partial charge in [0.05, 0.1) is 26.2 Å². The summed E-state index contributed by atoms with van der Waals surface area (Å²) < 4.78 is 37.2. The number of nitrogens with zero attached hydrogens (tertiary/aromatic N) is 2. The van der Waals surface area contributed by atoms with Crippen molar-refractivity contribution in [3.05, 3.63) is 94.4 Å². The van der Waals surface area contributed by atoms with Crippen LogP contribution in [0.4, 0.5) is 0 Å². The van der Waals surface area contributed by atoms with E-state index in [1.54, 1.807) is 30.3 Å². The summed E-state index contributed by atoms with van der Waals surface area (Å²) in [4.78, 5) is 27.9. The summed E-state index contributed by atoms with van der Waals surface area (Å²) >= 11 is 0. The van der Waals surface area contributed by atoms with E-state index in [4.69, 9.17) is 9.47 Å². The van der Waals surface area contributed by atoms with Gasteiger partial charge < -0.3 is 9.47 Å². The van der Waals surface area contributed by atoms with Gasteiger partial charge in [-0.1, -0.05) is 48.5 Å². The minimum atomic E-state index is -4.24. The standard InChI is InChI=1S/C24H22N4O6S/c1-33-17-12-13-20(34-2)21(14-17)35(31,32)27-25-23(29)22-18-10-6-7-11-19(18)24(30)28(26-22)15-16-8-4-3-5-9-16/h3-14,27H,15H2,1-2H3,(H,25,29). The highest BCUT2D eigenvalue weighted by Gasteiger charge is 2.23. The predicted octanol–water partition coefficient (Wildman–Crippen LogP) is 2.09. The van der Waals surface area contributed by atoms with Crippen LogP contribution in [0.25, 0.3) is 10.8 Å². The molecular formula is C24H22N4O6S. The van der Waals surface area contributed by atoms with E-state index in [1.165, 1.54) is 31.0 Å². The van der Waals surface area contributed by atoms with E-state index < -0.39 is 15.9 Å². The number of carbonyl (C=O) groups excluding carboxylic acids is 1. The smallest absolute Gasteiger partial charge is 0.287 e. The van der Waals surface area contributed by atoms with Crippen molar-refractivity contribution in [3.63, 3.8) is 0 Å². The van der Waals surface area contributed by atoms with Crippen molar-refractivity contribution < 1.29 is 22.7 Å². The van der Waals surface area contributed by atoms with Crippen LogP contribution in [0.3, 0.4) is 0 Å². The largest absolute Gasteiger partial charge is 0.497 e. The number of methoxy groups -OCH3 is 2. The highest BCUT2D eigenvalue weighted by Crippen LogP contribution is 2.27.